The molecule has 5 heteroatoms. The van der Waals surface area contributed by atoms with E-state index in [1.807, 2.05) is 17.8 Å². The highest BCUT2D eigenvalue weighted by Gasteiger charge is 2.01. The Kier molecular flexibility index (Phi) is 7.15. The summed E-state index contributed by atoms with van der Waals surface area (Å²) in [5, 5.41) is 12.0. The van der Waals surface area contributed by atoms with Crippen LogP contribution in [0.25, 0.3) is 0 Å². The van der Waals surface area contributed by atoms with E-state index < -0.39 is 0 Å². The van der Waals surface area contributed by atoms with Gasteiger partial charge in [-0.3, -0.25) is 0 Å². The van der Waals surface area contributed by atoms with Crippen molar-refractivity contribution in [1.29, 1.82) is 5.26 Å². The van der Waals surface area contributed by atoms with Gasteiger partial charge in [0.15, 0.2) is 11.5 Å². The molecule has 0 atom stereocenters. The number of rotatable bonds is 8. The number of nitrogens with one attached hydrogen (secondary N) is 1. The van der Waals surface area contributed by atoms with Crippen LogP contribution in [-0.2, 0) is 0 Å². The monoisotopic (exact) mass is 250 g/mol. The van der Waals surface area contributed by atoms with Crippen LogP contribution in [0, 0.1) is 11.3 Å². The number of anilines is 1. The van der Waals surface area contributed by atoms with Crippen molar-refractivity contribution >= 4 is 17.6 Å². The Labute approximate surface area is 107 Å². The largest absolute Gasteiger partial charge is 0.368 e. The second-order valence-electron chi connectivity index (χ2n) is 3.70. The second-order valence-corrected chi connectivity index (χ2v) is 4.68. The number of unbranched alkanes of at least 4 members (excludes halogenated alkanes) is 3. The molecule has 0 spiro atoms. The minimum absolute atomic E-state index is 0.370. The van der Waals surface area contributed by atoms with Gasteiger partial charge < -0.3 is 5.32 Å². The highest BCUT2D eigenvalue weighted by atomic mass is 32.2. The molecule has 0 saturated carbocycles. The summed E-state index contributed by atoms with van der Waals surface area (Å²) >= 11 is 1.90. The summed E-state index contributed by atoms with van der Waals surface area (Å²) in [5.74, 6) is 1.84. The third-order valence-electron chi connectivity index (χ3n) is 2.37. The van der Waals surface area contributed by atoms with Gasteiger partial charge in [-0.2, -0.15) is 17.0 Å². The van der Waals surface area contributed by atoms with Crippen LogP contribution in [0.2, 0.25) is 0 Å². The minimum atomic E-state index is 0.370. The van der Waals surface area contributed by atoms with Gasteiger partial charge in [0.25, 0.3) is 0 Å². The van der Waals surface area contributed by atoms with Crippen molar-refractivity contribution in [2.45, 2.75) is 25.7 Å². The summed E-state index contributed by atoms with van der Waals surface area (Å²) in [6.07, 6.45) is 10.2. The smallest absolute Gasteiger partial charge is 0.182 e. The van der Waals surface area contributed by atoms with Gasteiger partial charge in [0.05, 0.1) is 0 Å². The van der Waals surface area contributed by atoms with Gasteiger partial charge in [0.1, 0.15) is 6.07 Å². The van der Waals surface area contributed by atoms with Crippen molar-refractivity contribution in [3.05, 3.63) is 18.1 Å². The number of nitrogens with zero attached hydrogens (tertiary/aromatic N) is 3. The fraction of sp³-hybridized carbons (Fsp3) is 0.583. The van der Waals surface area contributed by atoms with Gasteiger partial charge in [-0.15, -0.1) is 0 Å². The zero-order valence-electron chi connectivity index (χ0n) is 10.1. The van der Waals surface area contributed by atoms with Gasteiger partial charge in [-0.1, -0.05) is 12.8 Å². The first-order valence-electron chi connectivity index (χ1n) is 5.82. The SMILES string of the molecule is CSCCCCCCNc1nccnc1C#N. The van der Waals surface area contributed by atoms with Crippen LogP contribution in [0.15, 0.2) is 12.4 Å². The van der Waals surface area contributed by atoms with E-state index in [1.54, 1.807) is 6.20 Å². The Balaban J connectivity index is 2.16. The van der Waals surface area contributed by atoms with Crippen LogP contribution >= 0.6 is 11.8 Å². The molecule has 1 aromatic heterocycles. The van der Waals surface area contributed by atoms with Gasteiger partial charge in [0.2, 0.25) is 0 Å². The van der Waals surface area contributed by atoms with Gasteiger partial charge in [-0.25, -0.2) is 9.97 Å². The molecule has 0 saturated heterocycles. The molecule has 1 aromatic rings. The fourth-order valence-corrected chi connectivity index (χ4v) is 1.97. The summed E-state index contributed by atoms with van der Waals surface area (Å²) in [5.41, 5.74) is 0.370. The first kappa shape index (κ1) is 13.8. The highest BCUT2D eigenvalue weighted by Crippen LogP contribution is 2.08. The lowest BCUT2D eigenvalue weighted by atomic mass is 10.2. The maximum absolute atomic E-state index is 8.82. The van der Waals surface area contributed by atoms with Crippen LogP contribution in [0.5, 0.6) is 0 Å². The van der Waals surface area contributed by atoms with E-state index >= 15 is 0 Å². The highest BCUT2D eigenvalue weighted by molar-refractivity contribution is 7.98. The van der Waals surface area contributed by atoms with Crippen molar-refractivity contribution in [3.8, 4) is 6.07 Å². The quantitative estimate of drug-likeness (QED) is 0.719. The average Bonchev–Trinajstić information content (AvgIpc) is 2.38. The lowest BCUT2D eigenvalue weighted by Gasteiger charge is -2.05. The molecule has 0 aliphatic heterocycles. The Hall–Kier alpha value is -1.28. The third kappa shape index (κ3) is 5.55. The van der Waals surface area contributed by atoms with Gasteiger partial charge >= 0.3 is 0 Å². The van der Waals surface area contributed by atoms with E-state index in [9.17, 15) is 0 Å². The molecule has 0 aliphatic rings. The second kappa shape index (κ2) is 8.82. The number of aromatic nitrogens is 2. The van der Waals surface area contributed by atoms with E-state index in [-0.39, 0.29) is 0 Å². The molecule has 1 rings (SSSR count). The van der Waals surface area contributed by atoms with Crippen LogP contribution in [0.1, 0.15) is 31.4 Å². The van der Waals surface area contributed by atoms with E-state index in [4.69, 9.17) is 5.26 Å². The van der Waals surface area contributed by atoms with E-state index in [1.165, 1.54) is 31.2 Å². The molecule has 0 aliphatic carbocycles. The molecule has 0 unspecified atom stereocenters. The van der Waals surface area contributed by atoms with Crippen LogP contribution in [-0.4, -0.2) is 28.5 Å². The summed E-state index contributed by atoms with van der Waals surface area (Å²) in [7, 11) is 0. The number of hydrogen-bond donors (Lipinski definition) is 1. The maximum Gasteiger partial charge on any atom is 0.182 e. The molecule has 0 bridgehead atoms. The summed E-state index contributed by atoms with van der Waals surface area (Å²) in [6, 6.07) is 2.03. The Morgan fingerprint density at radius 3 is 2.76 bits per heavy atom. The first-order valence-corrected chi connectivity index (χ1v) is 7.21. The normalized spacial score (nSPS) is 9.88. The van der Waals surface area contributed by atoms with E-state index in [0.717, 1.165) is 13.0 Å². The van der Waals surface area contributed by atoms with Crippen molar-refractivity contribution in [1.82, 2.24) is 9.97 Å². The topological polar surface area (TPSA) is 61.6 Å². The third-order valence-corrected chi connectivity index (χ3v) is 3.07. The summed E-state index contributed by atoms with van der Waals surface area (Å²) in [6.45, 7) is 0.854. The molecule has 4 nitrogen and oxygen atoms in total. The molecule has 0 fully saturated rings. The molecule has 0 radical (unpaired) electrons. The zero-order valence-corrected chi connectivity index (χ0v) is 11.0. The van der Waals surface area contributed by atoms with Crippen molar-refractivity contribution in [2.24, 2.45) is 0 Å². The first-order chi connectivity index (χ1) is 8.38. The standard InChI is InChI=1S/C12H18N4S/c1-17-9-5-3-2-4-6-15-12-11(10-13)14-7-8-16-12/h7-8H,2-6,9H2,1H3,(H,15,16). The molecule has 0 amide bonds. The van der Waals surface area contributed by atoms with Crippen molar-refractivity contribution < 1.29 is 0 Å². The molecule has 0 aromatic carbocycles. The lowest BCUT2D eigenvalue weighted by molar-refractivity contribution is 0.688. The number of nitriles is 1. The lowest BCUT2D eigenvalue weighted by Crippen LogP contribution is -2.06. The number of hydrogen-bond acceptors (Lipinski definition) is 5. The molecular weight excluding hydrogens is 232 g/mol. The molecular formula is C12H18N4S. The maximum atomic E-state index is 8.82. The molecule has 1 N–H and O–H groups in total. The zero-order chi connectivity index (χ0) is 12.3. The van der Waals surface area contributed by atoms with E-state index in [0.29, 0.717) is 11.5 Å². The Morgan fingerprint density at radius 2 is 2.00 bits per heavy atom. The van der Waals surface area contributed by atoms with Crippen LogP contribution in [0.4, 0.5) is 5.82 Å². The van der Waals surface area contributed by atoms with Crippen molar-refractivity contribution in [2.75, 3.05) is 23.9 Å². The van der Waals surface area contributed by atoms with Crippen LogP contribution in [0.3, 0.4) is 0 Å². The molecule has 1 heterocycles. The minimum Gasteiger partial charge on any atom is -0.368 e. The predicted octanol–water partition coefficient (Wildman–Crippen LogP) is 2.68. The van der Waals surface area contributed by atoms with Gasteiger partial charge in [-0.05, 0) is 24.9 Å². The Morgan fingerprint density at radius 1 is 1.24 bits per heavy atom. The van der Waals surface area contributed by atoms with Gasteiger partial charge in [0, 0.05) is 18.9 Å². The fourth-order valence-electron chi connectivity index (χ4n) is 1.48. The molecule has 92 valence electrons. The predicted molar refractivity (Wildman–Crippen MR) is 72.1 cm³/mol. The average molecular weight is 250 g/mol. The molecule has 17 heavy (non-hydrogen) atoms. The Bertz CT molecular complexity index is 362. The summed E-state index contributed by atoms with van der Waals surface area (Å²) < 4.78 is 0. The number of thioether (sulfide) groups is 1. The van der Waals surface area contributed by atoms with E-state index in [2.05, 4.69) is 21.5 Å². The van der Waals surface area contributed by atoms with Crippen LogP contribution < -0.4 is 5.32 Å². The van der Waals surface area contributed by atoms with Crippen molar-refractivity contribution in [3.63, 3.8) is 0 Å². The summed E-state index contributed by atoms with van der Waals surface area (Å²) in [4.78, 5) is 8.05.